The monoisotopic (exact) mass is 201 g/mol. The minimum Gasteiger partial charge on any atom is -0.296 e. The molecule has 2 rings (SSSR count). The second-order valence-electron chi connectivity index (χ2n) is 2.89. The molecular formula is C10H7N3O2. The number of nitrogens with one attached hydrogen (secondary N) is 1. The lowest BCUT2D eigenvalue weighted by atomic mass is 10.1. The maximum Gasteiger partial charge on any atom is 0.215 e. The Labute approximate surface area is 85.1 Å². The van der Waals surface area contributed by atoms with E-state index in [-0.39, 0.29) is 17.2 Å². The largest absolute Gasteiger partial charge is 0.296 e. The summed E-state index contributed by atoms with van der Waals surface area (Å²) in [6.45, 7) is 0. The van der Waals surface area contributed by atoms with Crippen LogP contribution in [0.15, 0.2) is 30.3 Å². The van der Waals surface area contributed by atoms with Gasteiger partial charge in [-0.2, -0.15) is 0 Å². The lowest BCUT2D eigenvalue weighted by Gasteiger charge is -1.95. The van der Waals surface area contributed by atoms with Gasteiger partial charge in [0.2, 0.25) is 5.78 Å². The number of hydrogen-bond donors (Lipinski definition) is 1. The molecular weight excluding hydrogens is 194 g/mol. The Morgan fingerprint density at radius 2 is 2.00 bits per heavy atom. The van der Waals surface area contributed by atoms with Crippen LogP contribution in [0.2, 0.25) is 0 Å². The number of benzene rings is 1. The van der Waals surface area contributed by atoms with Crippen LogP contribution in [0.1, 0.15) is 26.5 Å². The molecule has 0 aliphatic heterocycles. The third-order valence-corrected chi connectivity index (χ3v) is 1.94. The van der Waals surface area contributed by atoms with Crippen molar-refractivity contribution in [2.75, 3.05) is 0 Å². The van der Waals surface area contributed by atoms with Crippen molar-refractivity contribution in [3.05, 3.63) is 47.3 Å². The lowest BCUT2D eigenvalue weighted by Crippen LogP contribution is -2.04. The Hall–Kier alpha value is -2.30. The summed E-state index contributed by atoms with van der Waals surface area (Å²) < 4.78 is 0. The second-order valence-corrected chi connectivity index (χ2v) is 2.89. The molecule has 2 aromatic rings. The van der Waals surface area contributed by atoms with Crippen LogP contribution in [-0.2, 0) is 0 Å². The van der Waals surface area contributed by atoms with Crippen LogP contribution in [0, 0.1) is 0 Å². The predicted molar refractivity (Wildman–Crippen MR) is 51.6 cm³/mol. The maximum atomic E-state index is 11.8. The van der Waals surface area contributed by atoms with Crippen molar-refractivity contribution in [3.63, 3.8) is 0 Å². The van der Waals surface area contributed by atoms with Gasteiger partial charge in [-0.3, -0.25) is 14.7 Å². The molecule has 0 saturated carbocycles. The Balaban J connectivity index is 2.41. The number of aromatic nitrogens is 3. The highest BCUT2D eigenvalue weighted by Crippen LogP contribution is 2.08. The van der Waals surface area contributed by atoms with E-state index in [9.17, 15) is 9.59 Å². The van der Waals surface area contributed by atoms with E-state index in [2.05, 4.69) is 15.4 Å². The first-order chi connectivity index (χ1) is 7.33. The second kappa shape index (κ2) is 3.83. The van der Waals surface area contributed by atoms with Crippen molar-refractivity contribution < 1.29 is 9.59 Å². The smallest absolute Gasteiger partial charge is 0.215 e. The molecule has 0 bridgehead atoms. The van der Waals surface area contributed by atoms with Gasteiger partial charge in [-0.1, -0.05) is 35.5 Å². The van der Waals surface area contributed by atoms with Gasteiger partial charge in [0, 0.05) is 5.56 Å². The summed E-state index contributed by atoms with van der Waals surface area (Å²) in [5.41, 5.74) is 0.634. The number of hydrogen-bond acceptors (Lipinski definition) is 4. The molecule has 5 nitrogen and oxygen atoms in total. The van der Waals surface area contributed by atoms with Crippen LogP contribution < -0.4 is 0 Å². The van der Waals surface area contributed by atoms with E-state index in [4.69, 9.17) is 0 Å². The zero-order valence-corrected chi connectivity index (χ0v) is 7.68. The zero-order valence-electron chi connectivity index (χ0n) is 7.68. The predicted octanol–water partition coefficient (Wildman–Crippen LogP) is 0.848. The van der Waals surface area contributed by atoms with E-state index in [1.807, 2.05) is 0 Å². The van der Waals surface area contributed by atoms with Gasteiger partial charge in [0.25, 0.3) is 0 Å². The average Bonchev–Trinajstić information content (AvgIpc) is 2.77. The van der Waals surface area contributed by atoms with Crippen LogP contribution in [0.3, 0.4) is 0 Å². The van der Waals surface area contributed by atoms with Crippen LogP contribution in [0.5, 0.6) is 0 Å². The molecule has 1 aromatic heterocycles. The van der Waals surface area contributed by atoms with Gasteiger partial charge in [0.05, 0.1) is 0 Å². The summed E-state index contributed by atoms with van der Waals surface area (Å²) in [5, 5.41) is 9.35. The van der Waals surface area contributed by atoms with Gasteiger partial charge in [0.15, 0.2) is 12.0 Å². The van der Waals surface area contributed by atoms with Gasteiger partial charge in [-0.15, -0.1) is 5.10 Å². The minimum atomic E-state index is -0.313. The van der Waals surface area contributed by atoms with Crippen molar-refractivity contribution in [3.8, 4) is 0 Å². The van der Waals surface area contributed by atoms with Gasteiger partial charge < -0.3 is 0 Å². The van der Waals surface area contributed by atoms with E-state index < -0.39 is 0 Å². The lowest BCUT2D eigenvalue weighted by molar-refractivity contribution is 0.102. The Kier molecular flexibility index (Phi) is 2.37. The van der Waals surface area contributed by atoms with Crippen LogP contribution in [0.4, 0.5) is 0 Å². The molecule has 15 heavy (non-hydrogen) atoms. The highest BCUT2D eigenvalue weighted by atomic mass is 16.1. The molecule has 5 heteroatoms. The summed E-state index contributed by atoms with van der Waals surface area (Å²) in [6.07, 6.45) is 0.524. The van der Waals surface area contributed by atoms with E-state index >= 15 is 0 Å². The first-order valence-corrected chi connectivity index (χ1v) is 4.29. The molecule has 0 saturated heterocycles. The summed E-state index contributed by atoms with van der Waals surface area (Å²) in [4.78, 5) is 22.4. The SMILES string of the molecule is O=Cc1[nH]nnc1C(=O)c1ccccc1. The highest BCUT2D eigenvalue weighted by Gasteiger charge is 2.16. The average molecular weight is 201 g/mol. The van der Waals surface area contributed by atoms with E-state index in [0.29, 0.717) is 11.8 Å². The maximum absolute atomic E-state index is 11.8. The van der Waals surface area contributed by atoms with E-state index in [1.165, 1.54) is 0 Å². The summed E-state index contributed by atoms with van der Waals surface area (Å²) in [6, 6.07) is 8.61. The van der Waals surface area contributed by atoms with Gasteiger partial charge >= 0.3 is 0 Å². The van der Waals surface area contributed by atoms with Crippen molar-refractivity contribution in [1.29, 1.82) is 0 Å². The topological polar surface area (TPSA) is 75.7 Å². The van der Waals surface area contributed by atoms with Crippen molar-refractivity contribution in [2.24, 2.45) is 0 Å². The van der Waals surface area contributed by atoms with Gasteiger partial charge in [0.1, 0.15) is 5.69 Å². The molecule has 0 aliphatic rings. The minimum absolute atomic E-state index is 0.0520. The van der Waals surface area contributed by atoms with Crippen LogP contribution >= 0.6 is 0 Å². The molecule has 0 unspecified atom stereocenters. The quantitative estimate of drug-likeness (QED) is 0.590. The van der Waals surface area contributed by atoms with Crippen LogP contribution in [-0.4, -0.2) is 27.5 Å². The summed E-state index contributed by atoms with van der Waals surface area (Å²) >= 11 is 0. The molecule has 0 spiro atoms. The number of carbonyl (C=O) groups is 2. The molecule has 0 aliphatic carbocycles. The fourth-order valence-electron chi connectivity index (χ4n) is 1.21. The van der Waals surface area contributed by atoms with Crippen molar-refractivity contribution in [2.45, 2.75) is 0 Å². The number of carbonyl (C=O) groups excluding carboxylic acids is 2. The van der Waals surface area contributed by atoms with Gasteiger partial charge in [-0.05, 0) is 0 Å². The molecule has 1 N–H and O–H groups in total. The number of ketones is 1. The molecule has 0 amide bonds. The number of H-pyrrole nitrogens is 1. The third kappa shape index (κ3) is 1.67. The molecule has 0 atom stereocenters. The normalized spacial score (nSPS) is 9.87. The zero-order chi connectivity index (χ0) is 10.7. The first kappa shape index (κ1) is 9.26. The first-order valence-electron chi connectivity index (χ1n) is 4.29. The van der Waals surface area contributed by atoms with Crippen molar-refractivity contribution in [1.82, 2.24) is 15.4 Å². The molecule has 0 radical (unpaired) electrons. The number of aldehydes is 1. The number of rotatable bonds is 3. The third-order valence-electron chi connectivity index (χ3n) is 1.94. The standard InChI is InChI=1S/C10H7N3O2/c14-6-8-9(12-13-11-8)10(15)7-4-2-1-3-5-7/h1-6H,(H,11,12,13). The summed E-state index contributed by atoms with van der Waals surface area (Å²) in [7, 11) is 0. The Bertz CT molecular complexity index is 490. The Morgan fingerprint density at radius 1 is 1.27 bits per heavy atom. The van der Waals surface area contributed by atoms with E-state index in [1.54, 1.807) is 30.3 Å². The fraction of sp³-hybridized carbons (Fsp3) is 0. The molecule has 0 fully saturated rings. The van der Waals surface area contributed by atoms with Gasteiger partial charge in [-0.25, -0.2) is 0 Å². The van der Waals surface area contributed by atoms with Crippen LogP contribution in [0.25, 0.3) is 0 Å². The van der Waals surface area contributed by atoms with Crippen molar-refractivity contribution >= 4 is 12.1 Å². The molecule has 1 heterocycles. The summed E-state index contributed by atoms with van der Waals surface area (Å²) in [5.74, 6) is -0.313. The Morgan fingerprint density at radius 3 is 2.67 bits per heavy atom. The number of aromatic amines is 1. The highest BCUT2D eigenvalue weighted by molar-refractivity contribution is 6.10. The molecule has 74 valence electrons. The van der Waals surface area contributed by atoms with E-state index in [0.717, 1.165) is 0 Å². The fourth-order valence-corrected chi connectivity index (χ4v) is 1.21. The number of nitrogens with zero attached hydrogens (tertiary/aromatic N) is 2. The molecule has 1 aromatic carbocycles.